The highest BCUT2D eigenvalue weighted by Gasteiger charge is 2.08. The van der Waals surface area contributed by atoms with Crippen LogP contribution in [0.3, 0.4) is 0 Å². The number of benzene rings is 3. The molecular formula is C22H19N. The van der Waals surface area contributed by atoms with Gasteiger partial charge in [0, 0.05) is 10.9 Å². The number of fused-ring (bicyclic) bond motifs is 3. The number of rotatable bonds is 1. The van der Waals surface area contributed by atoms with Gasteiger partial charge >= 0.3 is 0 Å². The maximum absolute atomic E-state index is 4.93. The molecule has 0 unspecified atom stereocenters. The predicted octanol–water partition coefficient (Wildman–Crippen LogP) is 5.98. The molecule has 0 radical (unpaired) electrons. The van der Waals surface area contributed by atoms with Crippen LogP contribution in [0.5, 0.6) is 0 Å². The van der Waals surface area contributed by atoms with Gasteiger partial charge in [-0.05, 0) is 66.4 Å². The molecule has 1 nitrogen and oxygen atoms in total. The average molecular weight is 297 g/mol. The largest absolute Gasteiger partial charge is 0.248 e. The lowest BCUT2D eigenvalue weighted by Gasteiger charge is -2.11. The van der Waals surface area contributed by atoms with E-state index < -0.39 is 0 Å². The number of nitrogens with zero attached hydrogens (tertiary/aromatic N) is 1. The summed E-state index contributed by atoms with van der Waals surface area (Å²) in [5.74, 6) is 0. The molecule has 0 aliphatic carbocycles. The zero-order chi connectivity index (χ0) is 16.0. The predicted molar refractivity (Wildman–Crippen MR) is 98.9 cm³/mol. The van der Waals surface area contributed by atoms with Crippen LogP contribution < -0.4 is 0 Å². The van der Waals surface area contributed by atoms with E-state index in [1.807, 2.05) is 0 Å². The molecule has 0 bridgehead atoms. The third-order valence-electron chi connectivity index (χ3n) is 4.70. The second-order valence-corrected chi connectivity index (χ2v) is 6.30. The van der Waals surface area contributed by atoms with Gasteiger partial charge in [-0.1, -0.05) is 42.5 Å². The molecule has 3 aromatic carbocycles. The zero-order valence-electron chi connectivity index (χ0n) is 13.7. The van der Waals surface area contributed by atoms with Gasteiger partial charge in [-0.25, -0.2) is 4.98 Å². The van der Waals surface area contributed by atoms with Crippen LogP contribution >= 0.6 is 0 Å². The van der Waals surface area contributed by atoms with E-state index in [-0.39, 0.29) is 0 Å². The van der Waals surface area contributed by atoms with Crippen molar-refractivity contribution in [2.45, 2.75) is 20.8 Å². The molecule has 0 atom stereocenters. The molecule has 112 valence electrons. The molecule has 23 heavy (non-hydrogen) atoms. The first-order valence-corrected chi connectivity index (χ1v) is 8.00. The molecule has 4 aromatic rings. The van der Waals surface area contributed by atoms with Crippen molar-refractivity contribution < 1.29 is 0 Å². The second kappa shape index (κ2) is 5.20. The van der Waals surface area contributed by atoms with Gasteiger partial charge in [-0.3, -0.25) is 0 Å². The Hall–Kier alpha value is -2.67. The molecular weight excluding hydrogens is 278 g/mol. The molecule has 0 fully saturated rings. The van der Waals surface area contributed by atoms with Gasteiger partial charge < -0.3 is 0 Å². The summed E-state index contributed by atoms with van der Waals surface area (Å²) in [6.07, 6.45) is 0. The first-order chi connectivity index (χ1) is 11.1. The summed E-state index contributed by atoms with van der Waals surface area (Å²) in [7, 11) is 0. The quantitative estimate of drug-likeness (QED) is 0.394. The van der Waals surface area contributed by atoms with Gasteiger partial charge in [0.05, 0.1) is 11.2 Å². The van der Waals surface area contributed by atoms with Crippen molar-refractivity contribution in [1.82, 2.24) is 4.98 Å². The lowest BCUT2D eigenvalue weighted by atomic mass is 9.98. The van der Waals surface area contributed by atoms with Crippen LogP contribution in [-0.2, 0) is 0 Å². The minimum atomic E-state index is 1.05. The summed E-state index contributed by atoms with van der Waals surface area (Å²) < 4.78 is 0. The molecule has 1 heterocycles. The lowest BCUT2D eigenvalue weighted by molar-refractivity contribution is 1.31. The number of aromatic nitrogens is 1. The highest BCUT2D eigenvalue weighted by molar-refractivity contribution is 6.08. The van der Waals surface area contributed by atoms with Gasteiger partial charge in [-0.2, -0.15) is 0 Å². The van der Waals surface area contributed by atoms with E-state index in [1.165, 1.54) is 38.4 Å². The fourth-order valence-corrected chi connectivity index (χ4v) is 3.26. The fourth-order valence-electron chi connectivity index (χ4n) is 3.26. The fraction of sp³-hybridized carbons (Fsp3) is 0.136. The Morgan fingerprint density at radius 1 is 0.696 bits per heavy atom. The monoisotopic (exact) mass is 297 g/mol. The Bertz CT molecular complexity index is 1040. The summed E-state index contributed by atoms with van der Waals surface area (Å²) in [5.41, 5.74) is 7.20. The first kappa shape index (κ1) is 14.0. The van der Waals surface area contributed by atoms with Crippen molar-refractivity contribution in [3.63, 3.8) is 0 Å². The van der Waals surface area contributed by atoms with Gasteiger partial charge in [0.25, 0.3) is 0 Å². The molecule has 0 aliphatic rings. The van der Waals surface area contributed by atoms with E-state index in [0.717, 1.165) is 11.2 Å². The van der Waals surface area contributed by atoms with Crippen LogP contribution in [0.4, 0.5) is 0 Å². The third kappa shape index (κ3) is 2.29. The van der Waals surface area contributed by atoms with E-state index >= 15 is 0 Å². The molecule has 0 amide bonds. The van der Waals surface area contributed by atoms with Crippen molar-refractivity contribution in [2.24, 2.45) is 0 Å². The van der Waals surface area contributed by atoms with Crippen LogP contribution in [0.1, 0.15) is 16.7 Å². The number of hydrogen-bond donors (Lipinski definition) is 0. The summed E-state index contributed by atoms with van der Waals surface area (Å²) in [6.45, 7) is 6.48. The Balaban J connectivity index is 2.00. The molecule has 0 spiro atoms. The minimum Gasteiger partial charge on any atom is -0.248 e. The summed E-state index contributed by atoms with van der Waals surface area (Å²) in [6, 6.07) is 21.6. The smallest absolute Gasteiger partial charge is 0.0718 e. The van der Waals surface area contributed by atoms with Crippen molar-refractivity contribution in [2.75, 3.05) is 0 Å². The van der Waals surface area contributed by atoms with Gasteiger partial charge in [0.1, 0.15) is 0 Å². The zero-order valence-corrected chi connectivity index (χ0v) is 13.7. The lowest BCUT2D eigenvalue weighted by Crippen LogP contribution is -1.91. The Morgan fingerprint density at radius 3 is 2.35 bits per heavy atom. The molecule has 1 aromatic heterocycles. The van der Waals surface area contributed by atoms with Crippen LogP contribution in [-0.4, -0.2) is 4.98 Å². The van der Waals surface area contributed by atoms with Gasteiger partial charge in [0.2, 0.25) is 0 Å². The van der Waals surface area contributed by atoms with E-state index in [4.69, 9.17) is 4.98 Å². The standard InChI is InChI=1S/C22H19N/c1-14-8-9-18(12-15(14)2)21-13-16(3)22-19-7-5-4-6-17(19)10-11-20(22)23-21/h4-13H,1-3H3. The number of aryl methyl sites for hydroxylation is 3. The minimum absolute atomic E-state index is 1.05. The van der Waals surface area contributed by atoms with Crippen LogP contribution in [0.25, 0.3) is 32.9 Å². The molecule has 0 saturated heterocycles. The Kier molecular flexibility index (Phi) is 3.16. The highest BCUT2D eigenvalue weighted by Crippen LogP contribution is 2.30. The number of pyridine rings is 1. The van der Waals surface area contributed by atoms with E-state index in [9.17, 15) is 0 Å². The normalized spacial score (nSPS) is 11.3. The van der Waals surface area contributed by atoms with Crippen molar-refractivity contribution in [3.8, 4) is 11.3 Å². The van der Waals surface area contributed by atoms with Gasteiger partial charge in [0.15, 0.2) is 0 Å². The maximum Gasteiger partial charge on any atom is 0.0718 e. The molecule has 0 aliphatic heterocycles. The molecule has 1 heteroatoms. The van der Waals surface area contributed by atoms with E-state index in [1.54, 1.807) is 0 Å². The SMILES string of the molecule is Cc1ccc(-c2cc(C)c3c(ccc4ccccc43)n2)cc1C. The van der Waals surface area contributed by atoms with Crippen molar-refractivity contribution in [3.05, 3.63) is 77.4 Å². The van der Waals surface area contributed by atoms with Crippen LogP contribution in [0.15, 0.2) is 60.7 Å². The van der Waals surface area contributed by atoms with Crippen LogP contribution in [0.2, 0.25) is 0 Å². The average Bonchev–Trinajstić information content (AvgIpc) is 2.56. The van der Waals surface area contributed by atoms with E-state index in [2.05, 4.69) is 81.4 Å². The highest BCUT2D eigenvalue weighted by atomic mass is 14.7. The van der Waals surface area contributed by atoms with Gasteiger partial charge in [-0.15, -0.1) is 0 Å². The van der Waals surface area contributed by atoms with E-state index in [0.29, 0.717) is 0 Å². The second-order valence-electron chi connectivity index (χ2n) is 6.30. The summed E-state index contributed by atoms with van der Waals surface area (Å²) >= 11 is 0. The maximum atomic E-state index is 4.93. The molecule has 0 saturated carbocycles. The summed E-state index contributed by atoms with van der Waals surface area (Å²) in [4.78, 5) is 4.93. The summed E-state index contributed by atoms with van der Waals surface area (Å²) in [5, 5.41) is 3.81. The van der Waals surface area contributed by atoms with Crippen molar-refractivity contribution >= 4 is 21.7 Å². The van der Waals surface area contributed by atoms with Crippen LogP contribution in [0, 0.1) is 20.8 Å². The molecule has 0 N–H and O–H groups in total. The van der Waals surface area contributed by atoms with Crippen molar-refractivity contribution in [1.29, 1.82) is 0 Å². The third-order valence-corrected chi connectivity index (χ3v) is 4.70. The molecule has 4 rings (SSSR count). The first-order valence-electron chi connectivity index (χ1n) is 8.00. The Morgan fingerprint density at radius 2 is 1.52 bits per heavy atom. The number of hydrogen-bond acceptors (Lipinski definition) is 1. The topological polar surface area (TPSA) is 12.9 Å². The Labute approximate surface area is 136 Å².